The minimum atomic E-state index is 0.692. The third-order valence-corrected chi connectivity index (χ3v) is 2.92. The first-order valence-electron chi connectivity index (χ1n) is 7.04. The maximum Gasteiger partial charge on any atom is 0.182 e. The van der Waals surface area contributed by atoms with E-state index in [1.54, 1.807) is 0 Å². The Morgan fingerprint density at radius 3 is 3.00 bits per heavy atom. The molecule has 1 aromatic heterocycles. The largest absolute Gasteiger partial charge is 0.494 e. The highest BCUT2D eigenvalue weighted by Gasteiger charge is 2.09. The normalized spacial score (nSPS) is 10.7. The molecule has 1 heterocycles. The Morgan fingerprint density at radius 1 is 1.30 bits per heavy atom. The van der Waals surface area contributed by atoms with Gasteiger partial charge in [-0.15, -0.1) is 5.10 Å². The smallest absolute Gasteiger partial charge is 0.182 e. The first-order valence-corrected chi connectivity index (χ1v) is 7.04. The first kappa shape index (κ1) is 14.5. The number of rotatable bonds is 8. The molecule has 6 nitrogen and oxygen atoms in total. The lowest BCUT2D eigenvalue weighted by molar-refractivity contribution is 0.317. The van der Waals surface area contributed by atoms with Crippen LogP contribution in [0.25, 0.3) is 11.4 Å². The van der Waals surface area contributed by atoms with E-state index >= 15 is 0 Å². The van der Waals surface area contributed by atoms with Gasteiger partial charge in [0.15, 0.2) is 5.82 Å². The second-order valence-electron chi connectivity index (χ2n) is 4.60. The van der Waals surface area contributed by atoms with Gasteiger partial charge in [0.2, 0.25) is 0 Å². The molecule has 1 aromatic carbocycles. The Kier molecular flexibility index (Phi) is 5.49. The van der Waals surface area contributed by atoms with Crippen molar-refractivity contribution in [2.24, 2.45) is 5.73 Å². The van der Waals surface area contributed by atoms with Crippen molar-refractivity contribution in [3.8, 4) is 17.1 Å². The van der Waals surface area contributed by atoms with E-state index in [4.69, 9.17) is 10.5 Å². The summed E-state index contributed by atoms with van der Waals surface area (Å²) in [6.07, 6.45) is 2.93. The number of benzene rings is 1. The third kappa shape index (κ3) is 3.77. The van der Waals surface area contributed by atoms with Gasteiger partial charge in [0, 0.05) is 12.1 Å². The van der Waals surface area contributed by atoms with Gasteiger partial charge in [-0.25, -0.2) is 4.68 Å². The molecule has 0 aliphatic rings. The number of tetrazole rings is 1. The van der Waals surface area contributed by atoms with Crippen LogP contribution in [0.1, 0.15) is 26.2 Å². The minimum absolute atomic E-state index is 0.692. The monoisotopic (exact) mass is 275 g/mol. The molecule has 0 bridgehead atoms. The molecule has 0 aliphatic carbocycles. The van der Waals surface area contributed by atoms with Crippen molar-refractivity contribution >= 4 is 0 Å². The average molecular weight is 275 g/mol. The Hall–Kier alpha value is -1.95. The highest BCUT2D eigenvalue weighted by Crippen LogP contribution is 2.22. The highest BCUT2D eigenvalue weighted by molar-refractivity contribution is 5.57. The number of aryl methyl sites for hydroxylation is 1. The zero-order chi connectivity index (χ0) is 14.2. The topological polar surface area (TPSA) is 78.9 Å². The molecule has 2 rings (SSSR count). The molecule has 0 amide bonds. The van der Waals surface area contributed by atoms with E-state index in [1.165, 1.54) is 0 Å². The quantitative estimate of drug-likeness (QED) is 0.744. The van der Waals surface area contributed by atoms with Gasteiger partial charge in [0.25, 0.3) is 0 Å². The zero-order valence-corrected chi connectivity index (χ0v) is 11.8. The SMILES string of the molecule is CCCOc1cccc(-c2nnnn2CCCCN)c1. The summed E-state index contributed by atoms with van der Waals surface area (Å²) in [6.45, 7) is 4.27. The molecule has 0 radical (unpaired) electrons. The Morgan fingerprint density at radius 2 is 2.20 bits per heavy atom. The summed E-state index contributed by atoms with van der Waals surface area (Å²) in [7, 11) is 0. The summed E-state index contributed by atoms with van der Waals surface area (Å²) in [4.78, 5) is 0. The summed E-state index contributed by atoms with van der Waals surface area (Å²) in [5.41, 5.74) is 6.47. The molecule has 0 spiro atoms. The number of aromatic nitrogens is 4. The maximum absolute atomic E-state index is 5.64. The fourth-order valence-electron chi connectivity index (χ4n) is 1.91. The molecule has 0 aliphatic heterocycles. The highest BCUT2D eigenvalue weighted by atomic mass is 16.5. The standard InChI is InChI=1S/C14H21N5O/c1-2-10-20-13-7-5-6-12(11-13)14-16-17-18-19(14)9-4-3-8-15/h5-7,11H,2-4,8-10,15H2,1H3. The molecule has 0 saturated heterocycles. The molecule has 2 N–H and O–H groups in total. The van der Waals surface area contributed by atoms with Crippen molar-refractivity contribution < 1.29 is 4.74 Å². The van der Waals surface area contributed by atoms with Crippen LogP contribution in [0.2, 0.25) is 0 Å². The second kappa shape index (κ2) is 7.59. The summed E-state index contributed by atoms with van der Waals surface area (Å²) < 4.78 is 7.45. The van der Waals surface area contributed by atoms with Crippen LogP contribution in [0.15, 0.2) is 24.3 Å². The molecular formula is C14H21N5O. The van der Waals surface area contributed by atoms with Crippen LogP contribution >= 0.6 is 0 Å². The fraction of sp³-hybridized carbons (Fsp3) is 0.500. The minimum Gasteiger partial charge on any atom is -0.494 e. The Balaban J connectivity index is 2.12. The van der Waals surface area contributed by atoms with E-state index in [1.807, 2.05) is 28.9 Å². The van der Waals surface area contributed by atoms with Crippen molar-refractivity contribution in [3.05, 3.63) is 24.3 Å². The van der Waals surface area contributed by atoms with E-state index in [9.17, 15) is 0 Å². The van der Waals surface area contributed by atoms with E-state index in [-0.39, 0.29) is 0 Å². The van der Waals surface area contributed by atoms with Crippen molar-refractivity contribution in [3.63, 3.8) is 0 Å². The number of nitrogens with zero attached hydrogens (tertiary/aromatic N) is 4. The van der Waals surface area contributed by atoms with Crippen LogP contribution in [-0.2, 0) is 6.54 Å². The predicted molar refractivity (Wildman–Crippen MR) is 77.3 cm³/mol. The van der Waals surface area contributed by atoms with Crippen LogP contribution < -0.4 is 10.5 Å². The number of hydrogen-bond acceptors (Lipinski definition) is 5. The maximum atomic E-state index is 5.64. The van der Waals surface area contributed by atoms with Crippen molar-refractivity contribution in [1.82, 2.24) is 20.2 Å². The summed E-state index contributed by atoms with van der Waals surface area (Å²) in [5, 5.41) is 11.9. The molecule has 20 heavy (non-hydrogen) atoms. The lowest BCUT2D eigenvalue weighted by Gasteiger charge is -2.07. The number of ether oxygens (including phenoxy) is 1. The molecule has 0 unspecified atom stereocenters. The molecule has 6 heteroatoms. The first-order chi connectivity index (χ1) is 9.85. The molecule has 0 atom stereocenters. The van der Waals surface area contributed by atoms with Gasteiger partial charge in [-0.1, -0.05) is 19.1 Å². The Labute approximate surface area is 118 Å². The molecule has 108 valence electrons. The van der Waals surface area contributed by atoms with Crippen LogP contribution in [0.4, 0.5) is 0 Å². The van der Waals surface area contributed by atoms with Crippen LogP contribution in [0.5, 0.6) is 5.75 Å². The van der Waals surface area contributed by atoms with E-state index in [0.29, 0.717) is 13.2 Å². The van der Waals surface area contributed by atoms with Gasteiger partial charge in [-0.2, -0.15) is 0 Å². The number of hydrogen-bond donors (Lipinski definition) is 1. The van der Waals surface area contributed by atoms with Crippen LogP contribution in [0, 0.1) is 0 Å². The zero-order valence-electron chi connectivity index (χ0n) is 11.8. The molecule has 2 aromatic rings. The van der Waals surface area contributed by atoms with Gasteiger partial charge in [0.05, 0.1) is 6.61 Å². The average Bonchev–Trinajstić information content (AvgIpc) is 2.94. The van der Waals surface area contributed by atoms with Crippen LogP contribution in [-0.4, -0.2) is 33.4 Å². The van der Waals surface area contributed by atoms with Crippen molar-refractivity contribution in [2.45, 2.75) is 32.7 Å². The van der Waals surface area contributed by atoms with Gasteiger partial charge in [0.1, 0.15) is 5.75 Å². The van der Waals surface area contributed by atoms with Crippen molar-refractivity contribution in [2.75, 3.05) is 13.2 Å². The summed E-state index contributed by atoms with van der Waals surface area (Å²) in [6, 6.07) is 7.87. The lowest BCUT2D eigenvalue weighted by atomic mass is 10.2. The second-order valence-corrected chi connectivity index (χ2v) is 4.60. The van der Waals surface area contributed by atoms with E-state index in [0.717, 1.165) is 42.9 Å². The summed E-state index contributed by atoms with van der Waals surface area (Å²) >= 11 is 0. The fourth-order valence-corrected chi connectivity index (χ4v) is 1.91. The van der Waals surface area contributed by atoms with E-state index < -0.39 is 0 Å². The van der Waals surface area contributed by atoms with Crippen molar-refractivity contribution in [1.29, 1.82) is 0 Å². The van der Waals surface area contributed by atoms with Gasteiger partial charge < -0.3 is 10.5 Å². The number of unbranched alkanes of at least 4 members (excludes halogenated alkanes) is 1. The molecule has 0 saturated carbocycles. The van der Waals surface area contributed by atoms with Gasteiger partial charge >= 0.3 is 0 Å². The summed E-state index contributed by atoms with van der Waals surface area (Å²) in [5.74, 6) is 1.62. The predicted octanol–water partition coefficient (Wildman–Crippen LogP) is 1.87. The Bertz CT molecular complexity index is 526. The molecule has 0 fully saturated rings. The molecular weight excluding hydrogens is 254 g/mol. The van der Waals surface area contributed by atoms with Crippen LogP contribution in [0.3, 0.4) is 0 Å². The van der Waals surface area contributed by atoms with E-state index in [2.05, 4.69) is 22.4 Å². The third-order valence-electron chi connectivity index (χ3n) is 2.92. The number of nitrogens with two attached hydrogens (primary N) is 1. The lowest BCUT2D eigenvalue weighted by Crippen LogP contribution is -2.06. The van der Waals surface area contributed by atoms with Gasteiger partial charge in [-0.3, -0.25) is 0 Å². The van der Waals surface area contributed by atoms with Gasteiger partial charge in [-0.05, 0) is 48.4 Å².